The van der Waals surface area contributed by atoms with E-state index in [1.807, 2.05) is 6.20 Å². The van der Waals surface area contributed by atoms with Crippen LogP contribution < -0.4 is 5.32 Å². The zero-order chi connectivity index (χ0) is 12.3. The number of thiazole rings is 1. The molecule has 90 valence electrons. The molecule has 4 heteroatoms. The van der Waals surface area contributed by atoms with Gasteiger partial charge < -0.3 is 5.32 Å². The zero-order valence-corrected chi connectivity index (χ0v) is 11.5. The number of hydrogen-bond acceptors (Lipinski definition) is 3. The van der Waals surface area contributed by atoms with Crippen LogP contribution in [0.1, 0.15) is 30.2 Å². The van der Waals surface area contributed by atoms with E-state index in [0.717, 1.165) is 17.1 Å². The fourth-order valence-electron chi connectivity index (χ4n) is 1.56. The van der Waals surface area contributed by atoms with Crippen LogP contribution in [0.5, 0.6) is 0 Å². The molecule has 0 fully saturated rings. The maximum Gasteiger partial charge on any atom is 0.183 e. The second-order valence-corrected chi connectivity index (χ2v) is 5.91. The first-order chi connectivity index (χ1) is 8.15. The molecule has 1 heterocycles. The topological polar surface area (TPSA) is 24.9 Å². The van der Waals surface area contributed by atoms with Crippen LogP contribution in [-0.4, -0.2) is 4.98 Å². The van der Waals surface area contributed by atoms with Crippen LogP contribution in [0.3, 0.4) is 0 Å². The van der Waals surface area contributed by atoms with Crippen LogP contribution in [0.2, 0.25) is 4.47 Å². The van der Waals surface area contributed by atoms with Gasteiger partial charge in [-0.3, -0.25) is 0 Å². The Morgan fingerprint density at radius 1 is 1.41 bits per heavy atom. The summed E-state index contributed by atoms with van der Waals surface area (Å²) < 4.78 is 0.595. The number of benzene rings is 1. The molecule has 0 spiro atoms. The molecule has 0 unspecified atom stereocenters. The van der Waals surface area contributed by atoms with E-state index < -0.39 is 0 Å². The van der Waals surface area contributed by atoms with Gasteiger partial charge in [-0.25, -0.2) is 4.98 Å². The number of nitrogens with one attached hydrogen (secondary N) is 1. The maximum absolute atomic E-state index is 5.79. The average Bonchev–Trinajstić information content (AvgIpc) is 2.73. The van der Waals surface area contributed by atoms with E-state index in [9.17, 15) is 0 Å². The van der Waals surface area contributed by atoms with Crippen LogP contribution in [0.25, 0.3) is 0 Å². The van der Waals surface area contributed by atoms with Gasteiger partial charge >= 0.3 is 0 Å². The first-order valence-corrected chi connectivity index (χ1v) is 6.78. The van der Waals surface area contributed by atoms with Crippen molar-refractivity contribution in [2.24, 2.45) is 0 Å². The molecule has 2 rings (SSSR count). The average molecular weight is 267 g/mol. The van der Waals surface area contributed by atoms with Crippen molar-refractivity contribution >= 4 is 28.6 Å². The zero-order valence-electron chi connectivity index (χ0n) is 9.90. The Morgan fingerprint density at radius 3 is 2.88 bits per heavy atom. The van der Waals surface area contributed by atoms with Crippen molar-refractivity contribution in [3.05, 3.63) is 45.4 Å². The predicted octanol–water partition coefficient (Wildman–Crippen LogP) is 4.53. The number of aromatic nitrogens is 1. The van der Waals surface area contributed by atoms with Crippen molar-refractivity contribution in [1.29, 1.82) is 0 Å². The number of rotatable bonds is 4. The molecule has 0 aliphatic heterocycles. The van der Waals surface area contributed by atoms with Crippen LogP contribution in [0, 0.1) is 0 Å². The summed E-state index contributed by atoms with van der Waals surface area (Å²) in [6.45, 7) is 5.16. The standard InChI is InChI=1S/C13H15ClN2S/c1-9(2)10-4-3-5-11(6-10)15-7-12-8-16-13(14)17-12/h3-6,8-9,15H,7H2,1-2H3. The van der Waals surface area contributed by atoms with Crippen LogP contribution in [-0.2, 0) is 6.54 Å². The van der Waals surface area contributed by atoms with Gasteiger partial charge in [0.15, 0.2) is 4.47 Å². The lowest BCUT2D eigenvalue weighted by Crippen LogP contribution is -1.98. The Labute approximate surface area is 111 Å². The third kappa shape index (κ3) is 3.45. The monoisotopic (exact) mass is 266 g/mol. The molecule has 1 N–H and O–H groups in total. The Hall–Kier alpha value is -1.06. The normalized spacial score (nSPS) is 10.8. The molecule has 0 aliphatic rings. The number of nitrogens with zero attached hydrogens (tertiary/aromatic N) is 1. The van der Waals surface area contributed by atoms with Gasteiger partial charge in [0, 0.05) is 16.8 Å². The molecule has 1 aromatic carbocycles. The van der Waals surface area contributed by atoms with Crippen LogP contribution in [0.4, 0.5) is 5.69 Å². The van der Waals surface area contributed by atoms with E-state index in [1.54, 1.807) is 0 Å². The number of hydrogen-bond donors (Lipinski definition) is 1. The van der Waals surface area contributed by atoms with Crippen molar-refractivity contribution in [3.63, 3.8) is 0 Å². The minimum absolute atomic E-state index is 0.551. The number of halogens is 1. The van der Waals surface area contributed by atoms with Gasteiger partial charge in [0.1, 0.15) is 0 Å². The molecule has 1 aromatic heterocycles. The van der Waals surface area contributed by atoms with Crippen molar-refractivity contribution in [3.8, 4) is 0 Å². The van der Waals surface area contributed by atoms with Gasteiger partial charge in [0.05, 0.1) is 6.54 Å². The Morgan fingerprint density at radius 2 is 2.24 bits per heavy atom. The Kier molecular flexibility index (Phi) is 4.02. The third-order valence-corrected chi connectivity index (χ3v) is 3.66. The van der Waals surface area contributed by atoms with Gasteiger partial charge in [-0.1, -0.05) is 37.6 Å². The van der Waals surface area contributed by atoms with Gasteiger partial charge in [-0.15, -0.1) is 11.3 Å². The summed E-state index contributed by atoms with van der Waals surface area (Å²) in [7, 11) is 0. The maximum atomic E-state index is 5.79. The van der Waals surface area contributed by atoms with Crippen LogP contribution >= 0.6 is 22.9 Å². The van der Waals surface area contributed by atoms with E-state index in [2.05, 4.69) is 48.4 Å². The molecular formula is C13H15ClN2S. The lowest BCUT2D eigenvalue weighted by molar-refractivity contribution is 0.866. The highest BCUT2D eigenvalue weighted by atomic mass is 35.5. The smallest absolute Gasteiger partial charge is 0.183 e. The van der Waals surface area contributed by atoms with E-state index in [1.165, 1.54) is 16.9 Å². The fourth-order valence-corrected chi connectivity index (χ4v) is 2.48. The minimum Gasteiger partial charge on any atom is -0.380 e. The lowest BCUT2D eigenvalue weighted by Gasteiger charge is -2.09. The summed E-state index contributed by atoms with van der Waals surface area (Å²) in [6.07, 6.45) is 1.81. The lowest BCUT2D eigenvalue weighted by atomic mass is 10.0. The first kappa shape index (κ1) is 12.4. The molecule has 2 nitrogen and oxygen atoms in total. The molecule has 0 radical (unpaired) electrons. The summed E-state index contributed by atoms with van der Waals surface area (Å²) in [4.78, 5) is 5.16. The van der Waals surface area contributed by atoms with Crippen LogP contribution in [0.15, 0.2) is 30.5 Å². The first-order valence-electron chi connectivity index (χ1n) is 5.59. The fraction of sp³-hybridized carbons (Fsp3) is 0.308. The van der Waals surface area contributed by atoms with Gasteiger partial charge in [0.2, 0.25) is 0 Å². The van der Waals surface area contributed by atoms with Gasteiger partial charge in [-0.05, 0) is 23.6 Å². The van der Waals surface area contributed by atoms with Gasteiger partial charge in [-0.2, -0.15) is 0 Å². The highest BCUT2D eigenvalue weighted by molar-refractivity contribution is 7.15. The van der Waals surface area contributed by atoms with E-state index in [4.69, 9.17) is 11.6 Å². The van der Waals surface area contributed by atoms with Crippen molar-refractivity contribution in [2.75, 3.05) is 5.32 Å². The largest absolute Gasteiger partial charge is 0.380 e. The second kappa shape index (κ2) is 5.52. The Balaban J connectivity index is 2.01. The molecule has 0 bridgehead atoms. The summed E-state index contributed by atoms with van der Waals surface area (Å²) >= 11 is 7.30. The minimum atomic E-state index is 0.551. The van der Waals surface area contributed by atoms with E-state index in [0.29, 0.717) is 10.4 Å². The van der Waals surface area contributed by atoms with Gasteiger partial charge in [0.25, 0.3) is 0 Å². The molecule has 0 saturated carbocycles. The predicted molar refractivity (Wildman–Crippen MR) is 75.0 cm³/mol. The SMILES string of the molecule is CC(C)c1cccc(NCc2cnc(Cl)s2)c1. The van der Waals surface area contributed by atoms with Crippen molar-refractivity contribution in [2.45, 2.75) is 26.3 Å². The summed E-state index contributed by atoms with van der Waals surface area (Å²) in [6, 6.07) is 8.50. The van der Waals surface area contributed by atoms with E-state index >= 15 is 0 Å². The molecular weight excluding hydrogens is 252 g/mol. The quantitative estimate of drug-likeness (QED) is 0.879. The molecule has 0 saturated heterocycles. The molecule has 0 amide bonds. The molecule has 17 heavy (non-hydrogen) atoms. The highest BCUT2D eigenvalue weighted by Crippen LogP contribution is 2.21. The highest BCUT2D eigenvalue weighted by Gasteiger charge is 2.02. The molecule has 0 atom stereocenters. The Bertz CT molecular complexity index is 494. The summed E-state index contributed by atoms with van der Waals surface area (Å²) in [5.74, 6) is 0.551. The third-order valence-electron chi connectivity index (χ3n) is 2.55. The molecule has 2 aromatic rings. The second-order valence-electron chi connectivity index (χ2n) is 4.21. The molecule has 0 aliphatic carbocycles. The van der Waals surface area contributed by atoms with Crippen molar-refractivity contribution in [1.82, 2.24) is 4.98 Å². The number of anilines is 1. The van der Waals surface area contributed by atoms with E-state index in [-0.39, 0.29) is 0 Å². The summed E-state index contributed by atoms with van der Waals surface area (Å²) in [5.41, 5.74) is 2.48. The van der Waals surface area contributed by atoms with Crippen molar-refractivity contribution < 1.29 is 0 Å². The summed E-state index contributed by atoms with van der Waals surface area (Å²) in [5, 5.41) is 3.38.